The van der Waals surface area contributed by atoms with Crippen molar-refractivity contribution in [2.24, 2.45) is 0 Å². The lowest BCUT2D eigenvalue weighted by Crippen LogP contribution is -2.10. The molecule has 206 valence electrons. The monoisotopic (exact) mass is 538 g/mol. The summed E-state index contributed by atoms with van der Waals surface area (Å²) in [7, 11) is 1.64. The number of para-hydroxylation sites is 1. The largest absolute Gasteiger partial charge is 0.487 e. The molecule has 5 aromatic rings. The second-order valence-electron chi connectivity index (χ2n) is 9.96. The van der Waals surface area contributed by atoms with Crippen LogP contribution in [0.15, 0.2) is 66.9 Å². The van der Waals surface area contributed by atoms with Crippen molar-refractivity contribution in [3.05, 3.63) is 83.7 Å². The number of rotatable bonds is 10. The zero-order valence-electron chi connectivity index (χ0n) is 23.3. The first kappa shape index (κ1) is 27.1. The lowest BCUT2D eigenvalue weighted by atomic mass is 9.99. The van der Waals surface area contributed by atoms with Crippen LogP contribution >= 0.6 is 0 Å². The van der Waals surface area contributed by atoms with Gasteiger partial charge in [0.25, 0.3) is 0 Å². The van der Waals surface area contributed by atoms with Crippen LogP contribution in [0.5, 0.6) is 5.75 Å². The molecule has 0 aliphatic carbocycles. The summed E-state index contributed by atoms with van der Waals surface area (Å²) < 4.78 is 18.8. The molecule has 0 bridgehead atoms. The lowest BCUT2D eigenvalue weighted by Gasteiger charge is -2.13. The summed E-state index contributed by atoms with van der Waals surface area (Å²) in [6.45, 7) is 7.02. The number of esters is 1. The molecule has 0 saturated heterocycles. The van der Waals surface area contributed by atoms with Crippen molar-refractivity contribution in [3.63, 3.8) is 0 Å². The van der Waals surface area contributed by atoms with Gasteiger partial charge in [0.05, 0.1) is 36.4 Å². The quantitative estimate of drug-likeness (QED) is 0.166. The van der Waals surface area contributed by atoms with E-state index < -0.39 is 0 Å². The van der Waals surface area contributed by atoms with E-state index in [4.69, 9.17) is 25.0 Å². The van der Waals surface area contributed by atoms with E-state index in [2.05, 4.69) is 37.0 Å². The number of ether oxygens (including phenoxy) is 3. The minimum absolute atomic E-state index is 0.115. The first-order valence-corrected chi connectivity index (χ1v) is 13.4. The summed E-state index contributed by atoms with van der Waals surface area (Å²) in [5.41, 5.74) is 13.3. The fraction of sp³-hybridized carbons (Fsp3) is 0.281. The highest BCUT2D eigenvalue weighted by molar-refractivity contribution is 6.01. The SMILES string of the molecule is CCOC(=O)Cc1cc(COC)ccc1OCc1nn(C(C)C)c2ccc(-c3ccnc4c(N)cccc34)cc12. The predicted octanol–water partition coefficient (Wildman–Crippen LogP) is 6.25. The van der Waals surface area contributed by atoms with E-state index in [-0.39, 0.29) is 25.0 Å². The Bertz CT molecular complexity index is 1680. The van der Waals surface area contributed by atoms with Crippen LogP contribution < -0.4 is 10.5 Å². The zero-order valence-corrected chi connectivity index (χ0v) is 23.3. The topological polar surface area (TPSA) is 101 Å². The second kappa shape index (κ2) is 11.8. The van der Waals surface area contributed by atoms with Crippen molar-refractivity contribution in [3.8, 4) is 16.9 Å². The van der Waals surface area contributed by atoms with E-state index in [1.54, 1.807) is 20.2 Å². The maximum atomic E-state index is 12.3. The summed E-state index contributed by atoms with van der Waals surface area (Å²) in [5.74, 6) is 0.318. The number of aromatic nitrogens is 3. The molecule has 0 aliphatic rings. The number of hydrogen-bond acceptors (Lipinski definition) is 7. The maximum absolute atomic E-state index is 12.3. The Balaban J connectivity index is 1.53. The van der Waals surface area contributed by atoms with Gasteiger partial charge >= 0.3 is 5.97 Å². The average molecular weight is 539 g/mol. The Hall–Kier alpha value is -4.43. The van der Waals surface area contributed by atoms with Gasteiger partial charge in [-0.3, -0.25) is 14.5 Å². The van der Waals surface area contributed by atoms with E-state index in [1.165, 1.54) is 0 Å². The standard InChI is InChI=1S/C32H34N4O4/c1-5-39-31(37)17-23-15-21(18-38-4)9-12-30(23)40-19-28-26-16-22(10-11-29(26)36(35-28)20(2)3)24-13-14-34-32-25(24)7-6-8-27(32)33/h6-16,20H,5,17-19,33H2,1-4H3. The van der Waals surface area contributed by atoms with Crippen molar-refractivity contribution in [1.82, 2.24) is 14.8 Å². The van der Waals surface area contributed by atoms with Gasteiger partial charge in [0.1, 0.15) is 18.1 Å². The van der Waals surface area contributed by atoms with Gasteiger partial charge in [-0.05, 0) is 73.9 Å². The third kappa shape index (κ3) is 5.49. The van der Waals surface area contributed by atoms with Crippen LogP contribution in [0, 0.1) is 0 Å². The normalized spacial score (nSPS) is 11.4. The number of hydrogen-bond donors (Lipinski definition) is 1. The molecule has 0 saturated carbocycles. The Kier molecular flexibility index (Phi) is 7.98. The van der Waals surface area contributed by atoms with Crippen molar-refractivity contribution >= 4 is 33.5 Å². The van der Waals surface area contributed by atoms with Crippen LogP contribution in [0.2, 0.25) is 0 Å². The zero-order chi connectivity index (χ0) is 28.2. The number of methoxy groups -OCH3 is 1. The maximum Gasteiger partial charge on any atom is 0.310 e. The molecule has 40 heavy (non-hydrogen) atoms. The van der Waals surface area contributed by atoms with Crippen LogP contribution in [-0.4, -0.2) is 34.5 Å². The fourth-order valence-electron chi connectivity index (χ4n) is 5.01. The summed E-state index contributed by atoms with van der Waals surface area (Å²) in [6, 6.07) is 20.1. The van der Waals surface area contributed by atoms with Gasteiger partial charge in [-0.1, -0.05) is 24.3 Å². The third-order valence-corrected chi connectivity index (χ3v) is 6.83. The molecular formula is C32H34N4O4. The predicted molar refractivity (Wildman–Crippen MR) is 157 cm³/mol. The number of pyridine rings is 1. The van der Waals surface area contributed by atoms with Gasteiger partial charge in [0.2, 0.25) is 0 Å². The summed E-state index contributed by atoms with van der Waals surface area (Å²) in [6.07, 6.45) is 1.91. The molecule has 0 aliphatic heterocycles. The summed E-state index contributed by atoms with van der Waals surface area (Å²) in [4.78, 5) is 16.8. The number of carbonyl (C=O) groups excluding carboxylic acids is 1. The highest BCUT2D eigenvalue weighted by atomic mass is 16.5. The number of anilines is 1. The van der Waals surface area contributed by atoms with Crippen LogP contribution in [0.3, 0.4) is 0 Å². The molecule has 8 nitrogen and oxygen atoms in total. The highest BCUT2D eigenvalue weighted by Gasteiger charge is 2.17. The van der Waals surface area contributed by atoms with Crippen molar-refractivity contribution < 1.29 is 19.0 Å². The second-order valence-corrected chi connectivity index (χ2v) is 9.96. The van der Waals surface area contributed by atoms with Crippen molar-refractivity contribution in [1.29, 1.82) is 0 Å². The van der Waals surface area contributed by atoms with Gasteiger partial charge in [-0.15, -0.1) is 0 Å². The Morgan fingerprint density at radius 3 is 2.65 bits per heavy atom. The van der Waals surface area contributed by atoms with E-state index in [0.717, 1.165) is 49.8 Å². The van der Waals surface area contributed by atoms with E-state index in [9.17, 15) is 4.79 Å². The van der Waals surface area contributed by atoms with Crippen LogP contribution in [-0.2, 0) is 33.9 Å². The van der Waals surface area contributed by atoms with Crippen LogP contribution in [0.4, 0.5) is 5.69 Å². The average Bonchev–Trinajstić information content (AvgIpc) is 3.31. The molecule has 0 fully saturated rings. The molecule has 0 atom stereocenters. The van der Waals surface area contributed by atoms with Crippen LogP contribution in [0.1, 0.15) is 43.6 Å². The first-order valence-electron chi connectivity index (χ1n) is 13.4. The van der Waals surface area contributed by atoms with Gasteiger partial charge in [-0.25, -0.2) is 0 Å². The molecule has 0 amide bonds. The van der Waals surface area contributed by atoms with Gasteiger partial charge in [-0.2, -0.15) is 5.10 Å². The molecule has 5 rings (SSSR count). The molecule has 2 heterocycles. The molecule has 8 heteroatoms. The molecule has 3 aromatic carbocycles. The Morgan fingerprint density at radius 1 is 1.02 bits per heavy atom. The number of carbonyl (C=O) groups is 1. The van der Waals surface area contributed by atoms with E-state index in [0.29, 0.717) is 24.7 Å². The Morgan fingerprint density at radius 2 is 1.88 bits per heavy atom. The molecule has 0 unspecified atom stereocenters. The van der Waals surface area contributed by atoms with Crippen molar-refractivity contribution in [2.75, 3.05) is 19.5 Å². The lowest BCUT2D eigenvalue weighted by molar-refractivity contribution is -0.142. The van der Waals surface area contributed by atoms with Crippen molar-refractivity contribution in [2.45, 2.75) is 46.4 Å². The minimum atomic E-state index is -0.300. The van der Waals surface area contributed by atoms with E-state index in [1.807, 2.05) is 47.1 Å². The number of nitrogens with zero attached hydrogens (tertiary/aromatic N) is 3. The molecule has 0 spiro atoms. The molecule has 0 radical (unpaired) electrons. The number of nitrogen functional groups attached to an aromatic ring is 1. The smallest absolute Gasteiger partial charge is 0.310 e. The van der Waals surface area contributed by atoms with E-state index >= 15 is 0 Å². The Labute approximate surface area is 233 Å². The molecule has 2 N–H and O–H groups in total. The number of fused-ring (bicyclic) bond motifs is 2. The van der Waals surface area contributed by atoms with Gasteiger partial charge in [0, 0.05) is 35.7 Å². The van der Waals surface area contributed by atoms with Gasteiger partial charge < -0.3 is 19.9 Å². The molecule has 2 aromatic heterocycles. The highest BCUT2D eigenvalue weighted by Crippen LogP contribution is 2.34. The summed E-state index contributed by atoms with van der Waals surface area (Å²) >= 11 is 0. The van der Waals surface area contributed by atoms with Gasteiger partial charge in [0.15, 0.2) is 0 Å². The minimum Gasteiger partial charge on any atom is -0.487 e. The number of benzene rings is 3. The fourth-order valence-corrected chi connectivity index (χ4v) is 5.01. The molecular weight excluding hydrogens is 504 g/mol. The van der Waals surface area contributed by atoms with Crippen LogP contribution in [0.25, 0.3) is 32.9 Å². The number of nitrogens with two attached hydrogens (primary N) is 1. The first-order chi connectivity index (χ1) is 19.4. The third-order valence-electron chi connectivity index (χ3n) is 6.83. The summed E-state index contributed by atoms with van der Waals surface area (Å²) in [5, 5.41) is 6.93.